The van der Waals surface area contributed by atoms with Crippen LogP contribution in [0.2, 0.25) is 5.02 Å². The predicted molar refractivity (Wildman–Crippen MR) is 188 cm³/mol. The van der Waals surface area contributed by atoms with Gasteiger partial charge in [-0.05, 0) is 55.0 Å². The first-order valence-corrected chi connectivity index (χ1v) is 16.5. The number of nitrogens with zero attached hydrogens (tertiary/aromatic N) is 3. The van der Waals surface area contributed by atoms with Crippen molar-refractivity contribution in [2.75, 3.05) is 20.8 Å². The molecule has 0 aliphatic carbocycles. The number of esters is 1. The van der Waals surface area contributed by atoms with E-state index in [2.05, 4.69) is 6.07 Å². The number of methoxy groups -OCH3 is 2. The highest BCUT2D eigenvalue weighted by Gasteiger charge is 2.35. The van der Waals surface area contributed by atoms with Crippen molar-refractivity contribution in [1.82, 2.24) is 4.57 Å². The van der Waals surface area contributed by atoms with Crippen LogP contribution in [0.15, 0.2) is 106 Å². The van der Waals surface area contributed by atoms with E-state index >= 15 is 0 Å². The molecular weight excluding hydrogens is 662 g/mol. The Bertz CT molecular complexity index is 2310. The lowest BCUT2D eigenvalue weighted by Crippen LogP contribution is -2.40. The number of rotatable bonds is 10. The smallest absolute Gasteiger partial charge is 0.338 e. The highest BCUT2D eigenvalue weighted by Crippen LogP contribution is 2.38. The monoisotopic (exact) mass is 691 g/mol. The van der Waals surface area contributed by atoms with Crippen LogP contribution >= 0.6 is 22.9 Å². The van der Waals surface area contributed by atoms with Gasteiger partial charge >= 0.3 is 5.97 Å². The van der Waals surface area contributed by atoms with Crippen molar-refractivity contribution in [3.8, 4) is 23.3 Å². The maximum atomic E-state index is 14.4. The summed E-state index contributed by atoms with van der Waals surface area (Å²) in [7, 11) is 3.06. The Morgan fingerprint density at radius 2 is 1.71 bits per heavy atom. The van der Waals surface area contributed by atoms with Gasteiger partial charge in [-0.1, -0.05) is 77.5 Å². The number of thiazole rings is 1. The molecule has 0 saturated carbocycles. The summed E-state index contributed by atoms with van der Waals surface area (Å²) >= 11 is 7.60. The SMILES string of the molecule is CCOC(=O)C1=C(c2ccccc2)N=c2s/c(=C\c3cc(Cl)ccc3OCc3ccccc3C#N)c(=O)n2[C@@H]1c1ccc(OC)c(OC)c1. The second-order valence-corrected chi connectivity index (χ2v) is 12.2. The standard InChI is InChI=1S/C38H30ClN3O6S/c1-4-47-37(44)33-34(23-10-6-5-7-11-23)41-38-42(35(33)24-14-16-30(45-2)31(19-24)46-3)36(43)32(49-38)20-27-18-28(39)15-17-29(27)48-22-26-13-9-8-12-25(26)21-40/h5-20,35H,4,22H2,1-3H3/b32-20-/t35-/m1/s1. The van der Waals surface area contributed by atoms with Gasteiger partial charge in [0.15, 0.2) is 16.3 Å². The van der Waals surface area contributed by atoms with Crippen LogP contribution in [0, 0.1) is 11.3 Å². The van der Waals surface area contributed by atoms with Crippen molar-refractivity contribution in [3.05, 3.63) is 149 Å². The van der Waals surface area contributed by atoms with Crippen molar-refractivity contribution in [1.29, 1.82) is 5.26 Å². The zero-order valence-corrected chi connectivity index (χ0v) is 28.4. The van der Waals surface area contributed by atoms with Crippen LogP contribution < -0.4 is 29.1 Å². The van der Waals surface area contributed by atoms with Crippen molar-refractivity contribution >= 4 is 40.7 Å². The van der Waals surface area contributed by atoms with E-state index in [4.69, 9.17) is 35.5 Å². The zero-order chi connectivity index (χ0) is 34.5. The molecule has 0 amide bonds. The molecule has 0 bridgehead atoms. The zero-order valence-electron chi connectivity index (χ0n) is 26.8. The molecule has 1 aromatic heterocycles. The van der Waals surface area contributed by atoms with E-state index in [0.717, 1.165) is 5.56 Å². The third kappa shape index (κ3) is 6.72. The summed E-state index contributed by atoms with van der Waals surface area (Å²) in [6.07, 6.45) is 1.70. The van der Waals surface area contributed by atoms with Gasteiger partial charge in [0.1, 0.15) is 12.4 Å². The molecule has 1 atom stereocenters. The van der Waals surface area contributed by atoms with Crippen LogP contribution in [0.25, 0.3) is 11.8 Å². The Hall–Kier alpha value is -5.63. The lowest BCUT2D eigenvalue weighted by molar-refractivity contribution is -0.138. The Kier molecular flexibility index (Phi) is 9.95. The molecule has 0 N–H and O–H groups in total. The van der Waals surface area contributed by atoms with Gasteiger partial charge in [0.05, 0.1) is 54.3 Å². The van der Waals surface area contributed by atoms with Crippen LogP contribution in [0.4, 0.5) is 0 Å². The number of hydrogen-bond acceptors (Lipinski definition) is 9. The third-order valence-electron chi connectivity index (χ3n) is 7.88. The predicted octanol–water partition coefficient (Wildman–Crippen LogP) is 6.06. The second-order valence-electron chi connectivity index (χ2n) is 10.8. The summed E-state index contributed by atoms with van der Waals surface area (Å²) in [6, 6.07) is 28.2. The summed E-state index contributed by atoms with van der Waals surface area (Å²) in [5.41, 5.74) is 3.31. The fourth-order valence-corrected chi connectivity index (χ4v) is 6.77. The van der Waals surface area contributed by atoms with Crippen LogP contribution in [-0.4, -0.2) is 31.4 Å². The fourth-order valence-electron chi connectivity index (χ4n) is 5.59. The van der Waals surface area contributed by atoms with Crippen LogP contribution in [0.5, 0.6) is 17.2 Å². The number of aromatic nitrogens is 1. The van der Waals surface area contributed by atoms with Crippen LogP contribution in [0.1, 0.15) is 40.8 Å². The molecule has 0 spiro atoms. The third-order valence-corrected chi connectivity index (χ3v) is 9.09. The lowest BCUT2D eigenvalue weighted by atomic mass is 9.93. The fraction of sp³-hybridized carbons (Fsp3) is 0.158. The average molecular weight is 692 g/mol. The van der Waals surface area contributed by atoms with E-state index in [-0.39, 0.29) is 24.3 Å². The van der Waals surface area contributed by atoms with Crippen molar-refractivity contribution < 1.29 is 23.7 Å². The van der Waals surface area contributed by atoms with E-state index < -0.39 is 12.0 Å². The first-order valence-electron chi connectivity index (χ1n) is 15.3. The number of carbonyl (C=O) groups is 1. The first kappa shape index (κ1) is 33.3. The molecule has 1 aliphatic heterocycles. The summed E-state index contributed by atoms with van der Waals surface area (Å²) in [5.74, 6) is 0.802. The minimum absolute atomic E-state index is 0.129. The number of benzene rings is 4. The molecular formula is C38H30ClN3O6S. The van der Waals surface area contributed by atoms with Gasteiger partial charge in [-0.25, -0.2) is 9.79 Å². The summed E-state index contributed by atoms with van der Waals surface area (Å²) in [4.78, 5) is 33.6. The molecule has 0 fully saturated rings. The van der Waals surface area contributed by atoms with Gasteiger partial charge < -0.3 is 18.9 Å². The number of nitriles is 1. The second kappa shape index (κ2) is 14.6. The van der Waals surface area contributed by atoms with E-state index in [1.165, 1.54) is 30.1 Å². The van der Waals surface area contributed by atoms with Gasteiger partial charge in [-0.2, -0.15) is 5.26 Å². The molecule has 0 unspecified atom stereocenters. The summed E-state index contributed by atoms with van der Waals surface area (Å²) < 4.78 is 24.6. The summed E-state index contributed by atoms with van der Waals surface area (Å²) in [5, 5.41) is 9.97. The van der Waals surface area contributed by atoms with E-state index in [1.54, 1.807) is 61.5 Å². The molecule has 2 heterocycles. The largest absolute Gasteiger partial charge is 0.493 e. The van der Waals surface area contributed by atoms with Gasteiger partial charge in [-0.15, -0.1) is 0 Å². The van der Waals surface area contributed by atoms with Crippen LogP contribution in [0.3, 0.4) is 0 Å². The minimum atomic E-state index is -0.912. The molecule has 9 nitrogen and oxygen atoms in total. The van der Waals surface area contributed by atoms with Gasteiger partial charge in [0.25, 0.3) is 5.56 Å². The molecule has 11 heteroatoms. The molecule has 0 radical (unpaired) electrons. The molecule has 0 saturated heterocycles. The van der Waals surface area contributed by atoms with E-state index in [1.807, 2.05) is 42.5 Å². The maximum Gasteiger partial charge on any atom is 0.338 e. The molecule has 49 heavy (non-hydrogen) atoms. The number of halogens is 1. The maximum absolute atomic E-state index is 14.4. The number of fused-ring (bicyclic) bond motifs is 1. The minimum Gasteiger partial charge on any atom is -0.493 e. The van der Waals surface area contributed by atoms with Crippen molar-refractivity contribution in [3.63, 3.8) is 0 Å². The van der Waals surface area contributed by atoms with Gasteiger partial charge in [0.2, 0.25) is 0 Å². The highest BCUT2D eigenvalue weighted by molar-refractivity contribution is 7.07. The molecule has 246 valence electrons. The van der Waals surface area contributed by atoms with Crippen LogP contribution in [-0.2, 0) is 16.1 Å². The summed E-state index contributed by atoms with van der Waals surface area (Å²) in [6.45, 7) is 1.99. The Morgan fingerprint density at radius 3 is 2.45 bits per heavy atom. The number of hydrogen-bond donors (Lipinski definition) is 0. The van der Waals surface area contributed by atoms with Crippen molar-refractivity contribution in [2.24, 2.45) is 4.99 Å². The topological polar surface area (TPSA) is 112 Å². The molecule has 6 rings (SSSR count). The van der Waals surface area contributed by atoms with E-state index in [0.29, 0.717) is 59.6 Å². The molecule has 4 aromatic carbocycles. The molecule has 1 aliphatic rings. The first-order chi connectivity index (χ1) is 23.9. The lowest BCUT2D eigenvalue weighted by Gasteiger charge is -2.26. The van der Waals surface area contributed by atoms with Crippen molar-refractivity contribution in [2.45, 2.75) is 19.6 Å². The van der Waals surface area contributed by atoms with E-state index in [9.17, 15) is 14.9 Å². The Morgan fingerprint density at radius 1 is 0.980 bits per heavy atom. The normalized spacial score (nSPS) is 14.0. The average Bonchev–Trinajstić information content (AvgIpc) is 3.44. The Balaban J connectivity index is 1.56. The van der Waals surface area contributed by atoms with Gasteiger partial charge in [-0.3, -0.25) is 9.36 Å². The Labute approximate surface area is 291 Å². The quantitative estimate of drug-likeness (QED) is 0.164. The van der Waals surface area contributed by atoms with Gasteiger partial charge in [0, 0.05) is 21.7 Å². The number of ether oxygens (including phenoxy) is 4. The number of carbonyl (C=O) groups excluding carboxylic acids is 1. The highest BCUT2D eigenvalue weighted by atomic mass is 35.5. The molecule has 5 aromatic rings.